The third-order valence-corrected chi connectivity index (χ3v) is 7.33. The number of nitrogens with one attached hydrogen (secondary N) is 1. The van der Waals surface area contributed by atoms with Gasteiger partial charge in [-0.15, -0.1) is 0 Å². The number of nitrogens with zero attached hydrogens (tertiary/aromatic N) is 2. The minimum absolute atomic E-state index is 0.137. The van der Waals surface area contributed by atoms with Crippen molar-refractivity contribution in [2.75, 3.05) is 21.9 Å². The van der Waals surface area contributed by atoms with Gasteiger partial charge in [0.1, 0.15) is 0 Å². The maximum atomic E-state index is 13.1. The predicted octanol–water partition coefficient (Wildman–Crippen LogP) is 4.80. The van der Waals surface area contributed by atoms with Crippen LogP contribution in [0, 0.1) is 0 Å². The van der Waals surface area contributed by atoms with E-state index in [0.29, 0.717) is 47.1 Å². The molecule has 1 saturated heterocycles. The number of rotatable bonds is 5. The highest BCUT2D eigenvalue weighted by Crippen LogP contribution is 2.30. The average Bonchev–Trinajstić information content (AvgIpc) is 3.46. The third kappa shape index (κ3) is 4.25. The van der Waals surface area contributed by atoms with Crippen LogP contribution in [0.2, 0.25) is 0 Å². The Balaban J connectivity index is 1.41. The van der Waals surface area contributed by atoms with Crippen molar-refractivity contribution in [3.8, 4) is 22.8 Å². The van der Waals surface area contributed by atoms with Crippen LogP contribution in [0.1, 0.15) is 16.8 Å². The summed E-state index contributed by atoms with van der Waals surface area (Å²) >= 11 is 0. The standard InChI is InChI=1S/C25H21N3O4S/c29-24(27-19-10-6-11-20(16-19)28-14-7-15-33(28,30)31)21-12-4-5-13-22(21)25-26-17-23(32-25)18-8-2-1-3-9-18/h1-6,8-13,16-17H,7,14-15H2,(H,27,29). The summed E-state index contributed by atoms with van der Waals surface area (Å²) in [5.41, 5.74) is 2.91. The molecule has 33 heavy (non-hydrogen) atoms. The van der Waals surface area contributed by atoms with Gasteiger partial charge >= 0.3 is 0 Å². The zero-order valence-corrected chi connectivity index (χ0v) is 18.5. The SMILES string of the molecule is O=C(Nc1cccc(N2CCCS2(=O)=O)c1)c1ccccc1-c1ncc(-c2ccccc2)o1. The molecule has 0 aliphatic carbocycles. The molecular formula is C25H21N3O4S. The Kier molecular flexibility index (Phi) is 5.43. The number of benzene rings is 3. The molecule has 3 aromatic carbocycles. The number of amides is 1. The van der Waals surface area contributed by atoms with Crippen LogP contribution in [-0.4, -0.2) is 31.6 Å². The van der Waals surface area contributed by atoms with Crippen molar-refractivity contribution >= 4 is 27.3 Å². The number of carbonyl (C=O) groups is 1. The summed E-state index contributed by atoms with van der Waals surface area (Å²) in [6.07, 6.45) is 2.23. The van der Waals surface area contributed by atoms with Crippen molar-refractivity contribution in [1.29, 1.82) is 0 Å². The second kappa shape index (κ2) is 8.55. The van der Waals surface area contributed by atoms with Crippen molar-refractivity contribution in [2.45, 2.75) is 6.42 Å². The molecule has 166 valence electrons. The fourth-order valence-electron chi connectivity index (χ4n) is 3.87. The molecule has 0 atom stereocenters. The number of sulfonamides is 1. The summed E-state index contributed by atoms with van der Waals surface area (Å²) < 4.78 is 31.8. The molecule has 8 heteroatoms. The summed E-state index contributed by atoms with van der Waals surface area (Å²) in [5, 5.41) is 2.87. The molecule has 0 bridgehead atoms. The Morgan fingerprint density at radius 3 is 2.55 bits per heavy atom. The first kappa shape index (κ1) is 21.0. The van der Waals surface area contributed by atoms with Gasteiger partial charge in [-0.1, -0.05) is 48.5 Å². The molecular weight excluding hydrogens is 438 g/mol. The molecule has 4 aromatic rings. The van der Waals surface area contributed by atoms with Gasteiger partial charge < -0.3 is 9.73 Å². The molecule has 0 unspecified atom stereocenters. The minimum atomic E-state index is -3.30. The summed E-state index contributed by atoms with van der Waals surface area (Å²) in [6.45, 7) is 0.441. The normalized spacial score (nSPS) is 14.8. The first-order valence-corrected chi connectivity index (χ1v) is 12.1. The van der Waals surface area contributed by atoms with E-state index < -0.39 is 10.0 Å². The average molecular weight is 460 g/mol. The highest BCUT2D eigenvalue weighted by molar-refractivity contribution is 7.93. The lowest BCUT2D eigenvalue weighted by Gasteiger charge is -2.18. The van der Waals surface area contributed by atoms with Gasteiger partial charge in [0.15, 0.2) is 5.76 Å². The molecule has 1 aromatic heterocycles. The first-order chi connectivity index (χ1) is 16.0. The lowest BCUT2D eigenvalue weighted by Crippen LogP contribution is -2.25. The monoisotopic (exact) mass is 459 g/mol. The van der Waals surface area contributed by atoms with Crippen LogP contribution >= 0.6 is 0 Å². The van der Waals surface area contributed by atoms with Gasteiger partial charge in [-0.2, -0.15) is 0 Å². The highest BCUT2D eigenvalue weighted by atomic mass is 32.2. The third-order valence-electron chi connectivity index (χ3n) is 5.46. The van der Waals surface area contributed by atoms with Crippen molar-refractivity contribution in [3.05, 3.63) is 90.6 Å². The van der Waals surface area contributed by atoms with E-state index >= 15 is 0 Å². The summed E-state index contributed by atoms with van der Waals surface area (Å²) in [4.78, 5) is 17.5. The maximum Gasteiger partial charge on any atom is 0.256 e. The van der Waals surface area contributed by atoms with Crippen LogP contribution in [-0.2, 0) is 10.0 Å². The molecule has 1 N–H and O–H groups in total. The molecule has 2 heterocycles. The smallest absolute Gasteiger partial charge is 0.256 e. The maximum absolute atomic E-state index is 13.1. The van der Waals surface area contributed by atoms with Crippen LogP contribution in [0.5, 0.6) is 0 Å². The fourth-order valence-corrected chi connectivity index (χ4v) is 5.43. The number of carbonyl (C=O) groups excluding carboxylic acids is 1. The van der Waals surface area contributed by atoms with E-state index in [4.69, 9.17) is 4.42 Å². The van der Waals surface area contributed by atoms with Crippen molar-refractivity contribution < 1.29 is 17.6 Å². The second-order valence-corrected chi connectivity index (χ2v) is 9.70. The van der Waals surface area contributed by atoms with Crippen LogP contribution < -0.4 is 9.62 Å². The van der Waals surface area contributed by atoms with Gasteiger partial charge in [-0.3, -0.25) is 9.10 Å². The van der Waals surface area contributed by atoms with Crippen LogP contribution in [0.25, 0.3) is 22.8 Å². The van der Waals surface area contributed by atoms with Gasteiger partial charge in [0, 0.05) is 23.4 Å². The Morgan fingerprint density at radius 1 is 0.970 bits per heavy atom. The Bertz CT molecular complexity index is 1410. The molecule has 1 amide bonds. The Hall–Kier alpha value is -3.91. The molecule has 0 radical (unpaired) electrons. The Labute approximate surface area is 191 Å². The topological polar surface area (TPSA) is 92.5 Å². The lowest BCUT2D eigenvalue weighted by molar-refractivity contribution is 0.102. The van der Waals surface area contributed by atoms with E-state index in [1.165, 1.54) is 4.31 Å². The zero-order chi connectivity index (χ0) is 22.8. The van der Waals surface area contributed by atoms with Crippen LogP contribution in [0.3, 0.4) is 0 Å². The van der Waals surface area contributed by atoms with Gasteiger partial charge in [-0.05, 0) is 36.8 Å². The molecule has 1 fully saturated rings. The minimum Gasteiger partial charge on any atom is -0.436 e. The van der Waals surface area contributed by atoms with Gasteiger partial charge in [0.2, 0.25) is 15.9 Å². The summed E-state index contributed by atoms with van der Waals surface area (Å²) in [5.74, 6) is 0.751. The number of hydrogen-bond acceptors (Lipinski definition) is 5. The Morgan fingerprint density at radius 2 is 1.76 bits per heavy atom. The number of oxazole rings is 1. The highest BCUT2D eigenvalue weighted by Gasteiger charge is 2.28. The predicted molar refractivity (Wildman–Crippen MR) is 128 cm³/mol. The van der Waals surface area contributed by atoms with E-state index in [-0.39, 0.29) is 11.7 Å². The fraction of sp³-hybridized carbons (Fsp3) is 0.120. The van der Waals surface area contributed by atoms with E-state index in [9.17, 15) is 13.2 Å². The molecule has 0 spiro atoms. The van der Waals surface area contributed by atoms with Crippen LogP contribution in [0.4, 0.5) is 11.4 Å². The van der Waals surface area contributed by atoms with Crippen LogP contribution in [0.15, 0.2) is 89.5 Å². The van der Waals surface area contributed by atoms with E-state index in [2.05, 4.69) is 10.3 Å². The largest absolute Gasteiger partial charge is 0.436 e. The van der Waals surface area contributed by atoms with Crippen molar-refractivity contribution in [3.63, 3.8) is 0 Å². The van der Waals surface area contributed by atoms with Crippen molar-refractivity contribution in [1.82, 2.24) is 4.98 Å². The van der Waals surface area contributed by atoms with Gasteiger partial charge in [-0.25, -0.2) is 13.4 Å². The molecule has 7 nitrogen and oxygen atoms in total. The van der Waals surface area contributed by atoms with Gasteiger partial charge in [0.25, 0.3) is 5.91 Å². The number of hydrogen-bond donors (Lipinski definition) is 1. The van der Waals surface area contributed by atoms with E-state index in [1.807, 2.05) is 36.4 Å². The van der Waals surface area contributed by atoms with E-state index in [1.54, 1.807) is 48.7 Å². The summed E-state index contributed by atoms with van der Waals surface area (Å²) in [6, 6.07) is 23.5. The first-order valence-electron chi connectivity index (χ1n) is 10.5. The molecule has 0 saturated carbocycles. The quantitative estimate of drug-likeness (QED) is 0.463. The van der Waals surface area contributed by atoms with Gasteiger partial charge in [0.05, 0.1) is 23.2 Å². The van der Waals surface area contributed by atoms with Crippen molar-refractivity contribution in [2.24, 2.45) is 0 Å². The molecule has 5 rings (SSSR count). The number of aromatic nitrogens is 1. The lowest BCUT2D eigenvalue weighted by atomic mass is 10.1. The summed E-state index contributed by atoms with van der Waals surface area (Å²) in [7, 11) is -3.30. The number of anilines is 2. The second-order valence-electron chi connectivity index (χ2n) is 7.69. The zero-order valence-electron chi connectivity index (χ0n) is 17.6. The van der Waals surface area contributed by atoms with E-state index in [0.717, 1.165) is 5.56 Å². The molecule has 1 aliphatic rings. The molecule has 1 aliphatic heterocycles.